The van der Waals surface area contributed by atoms with Crippen molar-refractivity contribution in [3.63, 3.8) is 0 Å². The number of nitrogens with zero attached hydrogens (tertiary/aromatic N) is 4. The number of rotatable bonds is 13. The highest BCUT2D eigenvalue weighted by atomic mass is 31.3. The summed E-state index contributed by atoms with van der Waals surface area (Å²) in [5, 5.41) is 42.3. The molecule has 2 unspecified atom stereocenters. The van der Waals surface area contributed by atoms with E-state index in [1.165, 1.54) is 29.1 Å². The number of phosphoric ester groups is 2. The Hall–Kier alpha value is -3.92. The summed E-state index contributed by atoms with van der Waals surface area (Å²) < 4.78 is 57.2. The lowest BCUT2D eigenvalue weighted by atomic mass is 9.99. The lowest BCUT2D eigenvalue weighted by Gasteiger charge is -2.20. The van der Waals surface area contributed by atoms with Crippen molar-refractivity contribution in [3.05, 3.63) is 72.3 Å². The molecule has 10 atom stereocenters. The second-order valence-corrected chi connectivity index (χ2v) is 14.4. The average molecular weight is 755 g/mol. The SMILES string of the molecule is NC(=O)c1cc([C@@H]2O[C@H](COP(=O)(O)OP(=O)(O)OC[C@H]3O[C@@H](n4cnc5c(N)ncnc54)[C@H](O)[C@@H]3O)[C@@H](O)[C@H]2O)ccc1Oc1ccccc1. The molecular weight excluding hydrogens is 722 g/mol. The second kappa shape index (κ2) is 14.6. The van der Waals surface area contributed by atoms with Crippen molar-refractivity contribution < 1.29 is 71.7 Å². The summed E-state index contributed by atoms with van der Waals surface area (Å²) in [7, 11) is -10.8. The van der Waals surface area contributed by atoms with Crippen molar-refractivity contribution in [2.24, 2.45) is 5.73 Å². The number of hydrogen-bond acceptors (Lipinski definition) is 17. The first-order valence-electron chi connectivity index (χ1n) is 14.9. The molecule has 0 bridgehead atoms. The number of carbonyl (C=O) groups is 1. The van der Waals surface area contributed by atoms with Gasteiger partial charge in [-0.1, -0.05) is 24.3 Å². The quantitative estimate of drug-likeness (QED) is 0.0835. The van der Waals surface area contributed by atoms with Gasteiger partial charge in [0.05, 0.1) is 25.1 Å². The Kier molecular flexibility index (Phi) is 10.6. The summed E-state index contributed by atoms with van der Waals surface area (Å²) in [6.45, 7) is -1.83. The monoisotopic (exact) mass is 754 g/mol. The number of anilines is 1. The number of nitrogens with two attached hydrogens (primary N) is 2. The van der Waals surface area contributed by atoms with Crippen molar-refractivity contribution in [3.8, 4) is 11.5 Å². The van der Waals surface area contributed by atoms with Gasteiger partial charge in [0.2, 0.25) is 0 Å². The Morgan fingerprint density at radius 1 is 0.863 bits per heavy atom. The van der Waals surface area contributed by atoms with Crippen LogP contribution in [-0.4, -0.2) is 105 Å². The molecule has 51 heavy (non-hydrogen) atoms. The second-order valence-electron chi connectivity index (χ2n) is 11.4. The normalized spacial score (nSPS) is 28.7. The first kappa shape index (κ1) is 36.9. The number of fused-ring (bicyclic) bond motifs is 1. The fourth-order valence-corrected chi connectivity index (χ4v) is 7.54. The first-order chi connectivity index (χ1) is 24.1. The number of aliphatic hydroxyl groups is 4. The number of hydrogen-bond donors (Lipinski definition) is 8. The largest absolute Gasteiger partial charge is 0.481 e. The lowest BCUT2D eigenvalue weighted by Crippen LogP contribution is -2.33. The van der Waals surface area contributed by atoms with Gasteiger partial charge in [0.15, 0.2) is 17.7 Å². The zero-order chi connectivity index (χ0) is 36.7. The zero-order valence-electron chi connectivity index (χ0n) is 26.0. The highest BCUT2D eigenvalue weighted by Crippen LogP contribution is 2.61. The summed E-state index contributed by atoms with van der Waals surface area (Å²) in [4.78, 5) is 44.3. The Bertz CT molecular complexity index is 1990. The minimum absolute atomic E-state index is 0.0458. The molecule has 23 heteroatoms. The minimum Gasteiger partial charge on any atom is -0.457 e. The fraction of sp³-hybridized carbons (Fsp3) is 0.357. The van der Waals surface area contributed by atoms with E-state index >= 15 is 0 Å². The molecule has 4 aromatic rings. The molecule has 2 fully saturated rings. The van der Waals surface area contributed by atoms with Crippen molar-refractivity contribution in [2.45, 2.75) is 49.0 Å². The van der Waals surface area contributed by atoms with E-state index in [2.05, 4.69) is 19.3 Å². The number of aromatic nitrogens is 4. The van der Waals surface area contributed by atoms with Crippen LogP contribution in [0.15, 0.2) is 61.2 Å². The molecule has 2 aliphatic rings. The predicted octanol–water partition coefficient (Wildman–Crippen LogP) is 0.0314. The van der Waals surface area contributed by atoms with Crippen molar-refractivity contribution in [1.82, 2.24) is 19.5 Å². The molecule has 21 nitrogen and oxygen atoms in total. The van der Waals surface area contributed by atoms with Crippen LogP contribution in [0.3, 0.4) is 0 Å². The van der Waals surface area contributed by atoms with Crippen LogP contribution in [-0.2, 0) is 32.0 Å². The molecule has 0 aliphatic carbocycles. The van der Waals surface area contributed by atoms with Crippen LogP contribution in [0, 0.1) is 0 Å². The number of imidazole rings is 1. The zero-order valence-corrected chi connectivity index (χ0v) is 27.8. The standard InChI is InChI=1S/C28H32N6O15P2/c29-25-19-27(32-11-31-25)34(12-33-19)28-23(38)21(36)18(48-28)10-45-51(42,43)49-50(40,41)44-9-17-20(35)22(37)24(47-17)13-6-7-16(15(8-13)26(30)39)46-14-4-2-1-3-5-14/h1-8,11-12,17-18,20-24,28,35-38H,9-10H2,(H2,30,39)(H,40,41)(H,42,43)(H2,29,31,32)/t17-,18-,20-,21-,22-,23-,24+,28-/m1/s1. The van der Waals surface area contributed by atoms with Gasteiger partial charge in [0, 0.05) is 0 Å². The van der Waals surface area contributed by atoms with Crippen LogP contribution in [0.4, 0.5) is 5.82 Å². The number of nitrogen functional groups attached to an aromatic ring is 1. The number of para-hydroxylation sites is 1. The molecule has 6 rings (SSSR count). The number of primary amides is 1. The van der Waals surface area contributed by atoms with Gasteiger partial charge in [-0.05, 0) is 29.8 Å². The number of carbonyl (C=O) groups excluding carboxylic acids is 1. The molecule has 10 N–H and O–H groups in total. The summed E-state index contributed by atoms with van der Waals surface area (Å²) in [5.41, 5.74) is 11.8. The summed E-state index contributed by atoms with van der Waals surface area (Å²) >= 11 is 0. The third-order valence-electron chi connectivity index (χ3n) is 7.94. The van der Waals surface area contributed by atoms with E-state index < -0.39 is 83.7 Å². The molecule has 2 aromatic carbocycles. The number of ether oxygens (including phenoxy) is 3. The van der Waals surface area contributed by atoms with E-state index in [4.69, 9.17) is 34.7 Å². The number of amides is 1. The third kappa shape index (κ3) is 7.96. The minimum atomic E-state index is -5.42. The van der Waals surface area contributed by atoms with E-state index in [1.54, 1.807) is 30.3 Å². The smallest absolute Gasteiger partial charge is 0.457 e. The topological polar surface area (TPSA) is 324 Å². The molecule has 0 radical (unpaired) electrons. The van der Waals surface area contributed by atoms with E-state index in [1.807, 2.05) is 0 Å². The lowest BCUT2D eigenvalue weighted by molar-refractivity contribution is -0.0507. The van der Waals surface area contributed by atoms with Gasteiger partial charge >= 0.3 is 15.6 Å². The molecule has 4 heterocycles. The van der Waals surface area contributed by atoms with Gasteiger partial charge in [0.25, 0.3) is 5.91 Å². The van der Waals surface area contributed by atoms with Gasteiger partial charge in [-0.15, -0.1) is 0 Å². The Morgan fingerprint density at radius 2 is 1.51 bits per heavy atom. The van der Waals surface area contributed by atoms with Crippen LogP contribution < -0.4 is 16.2 Å². The van der Waals surface area contributed by atoms with E-state index in [0.717, 1.165) is 6.33 Å². The molecule has 1 amide bonds. The molecule has 0 spiro atoms. The Labute approximate surface area is 287 Å². The summed E-state index contributed by atoms with van der Waals surface area (Å²) in [5.74, 6) is -0.284. The van der Waals surface area contributed by atoms with Crippen LogP contribution in [0.2, 0.25) is 0 Å². The summed E-state index contributed by atoms with van der Waals surface area (Å²) in [6, 6.07) is 12.7. The van der Waals surface area contributed by atoms with Crippen LogP contribution in [0.25, 0.3) is 11.2 Å². The van der Waals surface area contributed by atoms with Crippen molar-refractivity contribution >= 4 is 38.5 Å². The van der Waals surface area contributed by atoms with Crippen LogP contribution in [0.1, 0.15) is 28.3 Å². The van der Waals surface area contributed by atoms with Gasteiger partial charge < -0.3 is 55.9 Å². The van der Waals surface area contributed by atoms with Gasteiger partial charge in [-0.2, -0.15) is 4.31 Å². The fourth-order valence-electron chi connectivity index (χ4n) is 5.45. The molecular formula is C28H32N6O15P2. The van der Waals surface area contributed by atoms with Crippen molar-refractivity contribution in [2.75, 3.05) is 18.9 Å². The Balaban J connectivity index is 1.04. The van der Waals surface area contributed by atoms with Crippen LogP contribution in [0.5, 0.6) is 11.5 Å². The molecule has 2 saturated heterocycles. The third-order valence-corrected chi connectivity index (χ3v) is 10.5. The number of benzene rings is 2. The number of aliphatic hydroxyl groups excluding tert-OH is 4. The molecule has 2 aliphatic heterocycles. The molecule has 2 aromatic heterocycles. The van der Waals surface area contributed by atoms with Gasteiger partial charge in [0.1, 0.15) is 66.1 Å². The maximum atomic E-state index is 12.6. The van der Waals surface area contributed by atoms with Gasteiger partial charge in [-0.25, -0.2) is 24.1 Å². The first-order valence-corrected chi connectivity index (χ1v) is 17.9. The van der Waals surface area contributed by atoms with E-state index in [-0.39, 0.29) is 33.9 Å². The van der Waals surface area contributed by atoms with Gasteiger partial charge in [-0.3, -0.25) is 18.4 Å². The maximum Gasteiger partial charge on any atom is 0.481 e. The average Bonchev–Trinajstić information content (AvgIpc) is 3.73. The maximum absolute atomic E-state index is 12.6. The summed E-state index contributed by atoms with van der Waals surface area (Å²) in [6.07, 6.45) is -9.69. The van der Waals surface area contributed by atoms with E-state index in [0.29, 0.717) is 5.75 Å². The predicted molar refractivity (Wildman–Crippen MR) is 169 cm³/mol. The van der Waals surface area contributed by atoms with Crippen LogP contribution >= 0.6 is 15.6 Å². The highest BCUT2D eigenvalue weighted by Gasteiger charge is 2.48. The molecule has 274 valence electrons. The molecule has 0 saturated carbocycles. The highest BCUT2D eigenvalue weighted by molar-refractivity contribution is 7.61. The number of phosphoric acid groups is 2. The van der Waals surface area contributed by atoms with E-state index in [9.17, 15) is 44.1 Å². The Morgan fingerprint density at radius 3 is 2.18 bits per heavy atom. The van der Waals surface area contributed by atoms with Crippen molar-refractivity contribution in [1.29, 1.82) is 0 Å².